The fourth-order valence-corrected chi connectivity index (χ4v) is 2.64. The minimum Gasteiger partial charge on any atom is -0.378 e. The summed E-state index contributed by atoms with van der Waals surface area (Å²) < 4.78 is 5.42. The lowest BCUT2D eigenvalue weighted by atomic mass is 10.3. The van der Waals surface area contributed by atoms with Crippen LogP contribution in [0.2, 0.25) is 0 Å². The van der Waals surface area contributed by atoms with Gasteiger partial charge in [-0.05, 0) is 18.2 Å². The molecular weight excluding hydrogens is 356 g/mol. The molecule has 28 heavy (non-hydrogen) atoms. The molecule has 1 fully saturated rings. The molecule has 0 aliphatic carbocycles. The van der Waals surface area contributed by atoms with Gasteiger partial charge >= 0.3 is 0 Å². The van der Waals surface area contributed by atoms with Crippen LogP contribution < -0.4 is 15.6 Å². The number of rotatable bonds is 6. The Morgan fingerprint density at radius 2 is 1.79 bits per heavy atom. The summed E-state index contributed by atoms with van der Waals surface area (Å²) in [7, 11) is 0. The molecule has 1 saturated heterocycles. The number of nitrogens with one attached hydrogen (secondary N) is 2. The van der Waals surface area contributed by atoms with Crippen LogP contribution in [0.5, 0.6) is 0 Å². The lowest BCUT2D eigenvalue weighted by molar-refractivity contribution is 0.122. The van der Waals surface area contributed by atoms with E-state index < -0.39 is 0 Å². The van der Waals surface area contributed by atoms with Crippen molar-refractivity contribution in [3.63, 3.8) is 0 Å². The molecule has 9 nitrogen and oxygen atoms in total. The standard InChI is InChI=1S/C19H20N8O/c1-2-6-16(7-3-1)22-17-23-18(26-21-14-15-5-4-8-20-13-15)25-19(24-17)27-9-11-28-12-10-27/h1-8,13-14H,9-12H2,(H2,22,23,24,25,26)/b21-14+. The van der Waals surface area contributed by atoms with E-state index in [4.69, 9.17) is 4.74 Å². The minimum absolute atomic E-state index is 0.357. The highest BCUT2D eigenvalue weighted by molar-refractivity contribution is 5.79. The van der Waals surface area contributed by atoms with Gasteiger partial charge in [0.25, 0.3) is 0 Å². The first kappa shape index (κ1) is 17.8. The first-order valence-electron chi connectivity index (χ1n) is 8.97. The zero-order chi connectivity index (χ0) is 19.0. The van der Waals surface area contributed by atoms with Gasteiger partial charge in [0.05, 0.1) is 19.4 Å². The van der Waals surface area contributed by atoms with Crippen molar-refractivity contribution in [1.29, 1.82) is 0 Å². The molecule has 1 aliphatic rings. The number of hydrogen-bond acceptors (Lipinski definition) is 9. The Kier molecular flexibility index (Phi) is 5.64. The first-order valence-corrected chi connectivity index (χ1v) is 8.97. The van der Waals surface area contributed by atoms with Gasteiger partial charge in [-0.25, -0.2) is 5.43 Å². The van der Waals surface area contributed by atoms with E-state index in [1.165, 1.54) is 0 Å². The highest BCUT2D eigenvalue weighted by Crippen LogP contribution is 2.18. The average molecular weight is 376 g/mol. The zero-order valence-corrected chi connectivity index (χ0v) is 15.2. The number of hydrogen-bond donors (Lipinski definition) is 2. The predicted molar refractivity (Wildman–Crippen MR) is 108 cm³/mol. The quantitative estimate of drug-likeness (QED) is 0.499. The number of morpholine rings is 1. The van der Waals surface area contributed by atoms with Crippen LogP contribution in [0, 0.1) is 0 Å². The Morgan fingerprint density at radius 1 is 0.964 bits per heavy atom. The van der Waals surface area contributed by atoms with Crippen LogP contribution in [-0.4, -0.2) is 52.5 Å². The van der Waals surface area contributed by atoms with Crippen molar-refractivity contribution in [2.45, 2.75) is 0 Å². The van der Waals surface area contributed by atoms with Crippen molar-refractivity contribution >= 4 is 29.7 Å². The third-order valence-electron chi connectivity index (χ3n) is 4.01. The third kappa shape index (κ3) is 4.77. The molecule has 2 N–H and O–H groups in total. The van der Waals surface area contributed by atoms with E-state index in [1.54, 1.807) is 18.6 Å². The maximum atomic E-state index is 5.42. The van der Waals surface area contributed by atoms with Crippen LogP contribution in [0.3, 0.4) is 0 Å². The van der Waals surface area contributed by atoms with Gasteiger partial charge in [-0.3, -0.25) is 4.98 Å². The van der Waals surface area contributed by atoms with Crippen LogP contribution in [0.4, 0.5) is 23.5 Å². The Labute approximate surface area is 162 Å². The van der Waals surface area contributed by atoms with E-state index in [1.807, 2.05) is 42.5 Å². The number of hydrazone groups is 1. The maximum Gasteiger partial charge on any atom is 0.250 e. The molecule has 4 rings (SSSR count). The van der Waals surface area contributed by atoms with Crippen molar-refractivity contribution in [3.8, 4) is 0 Å². The second-order valence-corrected chi connectivity index (χ2v) is 6.03. The lowest BCUT2D eigenvalue weighted by Crippen LogP contribution is -2.37. The van der Waals surface area contributed by atoms with E-state index in [2.05, 4.69) is 40.7 Å². The van der Waals surface area contributed by atoms with E-state index >= 15 is 0 Å². The van der Waals surface area contributed by atoms with Crippen LogP contribution in [0.1, 0.15) is 5.56 Å². The summed E-state index contributed by atoms with van der Waals surface area (Å²) in [5, 5.41) is 7.42. The number of benzene rings is 1. The summed E-state index contributed by atoms with van der Waals surface area (Å²) in [5.74, 6) is 1.38. The van der Waals surface area contributed by atoms with Gasteiger partial charge in [-0.1, -0.05) is 24.3 Å². The number of para-hydroxylation sites is 1. The Balaban J connectivity index is 1.56. The lowest BCUT2D eigenvalue weighted by Gasteiger charge is -2.27. The summed E-state index contributed by atoms with van der Waals surface area (Å²) in [5.41, 5.74) is 4.65. The molecule has 0 spiro atoms. The highest BCUT2D eigenvalue weighted by Gasteiger charge is 2.16. The third-order valence-corrected chi connectivity index (χ3v) is 4.01. The molecule has 3 aromatic rings. The molecule has 2 aromatic heterocycles. The first-order chi connectivity index (χ1) is 13.9. The molecule has 0 atom stereocenters. The van der Waals surface area contributed by atoms with Gasteiger partial charge in [0.1, 0.15) is 0 Å². The molecule has 0 radical (unpaired) electrons. The Bertz CT molecular complexity index is 914. The Morgan fingerprint density at radius 3 is 2.57 bits per heavy atom. The number of nitrogens with zero attached hydrogens (tertiary/aromatic N) is 6. The van der Waals surface area contributed by atoms with E-state index in [-0.39, 0.29) is 0 Å². The number of ether oxygens (including phenoxy) is 1. The van der Waals surface area contributed by atoms with Gasteiger partial charge in [0.2, 0.25) is 17.8 Å². The fraction of sp³-hybridized carbons (Fsp3) is 0.211. The Hall–Kier alpha value is -3.59. The van der Waals surface area contributed by atoms with Crippen LogP contribution >= 0.6 is 0 Å². The van der Waals surface area contributed by atoms with Crippen LogP contribution in [-0.2, 0) is 4.74 Å². The van der Waals surface area contributed by atoms with Crippen LogP contribution in [0.25, 0.3) is 0 Å². The molecule has 1 aliphatic heterocycles. The van der Waals surface area contributed by atoms with Gasteiger partial charge in [-0.2, -0.15) is 20.1 Å². The van der Waals surface area contributed by atoms with Gasteiger partial charge < -0.3 is 15.0 Å². The summed E-state index contributed by atoms with van der Waals surface area (Å²) in [6, 6.07) is 13.5. The average Bonchev–Trinajstić information content (AvgIpc) is 2.76. The summed E-state index contributed by atoms with van der Waals surface area (Å²) in [4.78, 5) is 19.6. The second-order valence-electron chi connectivity index (χ2n) is 6.03. The topological polar surface area (TPSA) is 100 Å². The largest absolute Gasteiger partial charge is 0.378 e. The monoisotopic (exact) mass is 376 g/mol. The van der Waals surface area contributed by atoms with Gasteiger partial charge in [0, 0.05) is 36.7 Å². The van der Waals surface area contributed by atoms with E-state index in [9.17, 15) is 0 Å². The molecule has 142 valence electrons. The summed E-state index contributed by atoms with van der Waals surface area (Å²) in [6.07, 6.45) is 5.10. The molecule has 0 unspecified atom stereocenters. The number of pyridine rings is 1. The van der Waals surface area contributed by atoms with Crippen molar-refractivity contribution in [2.75, 3.05) is 41.9 Å². The van der Waals surface area contributed by atoms with Gasteiger partial charge in [-0.15, -0.1) is 0 Å². The molecule has 0 amide bonds. The van der Waals surface area contributed by atoms with Crippen LogP contribution in [0.15, 0.2) is 60.0 Å². The second kappa shape index (κ2) is 8.87. The normalized spacial score (nSPS) is 14.2. The SMILES string of the molecule is C(=N\Nc1nc(Nc2ccccc2)nc(N2CCOCC2)n1)/c1cccnc1. The zero-order valence-electron chi connectivity index (χ0n) is 15.2. The molecule has 0 saturated carbocycles. The number of anilines is 4. The minimum atomic E-state index is 0.357. The summed E-state index contributed by atoms with van der Waals surface area (Å²) in [6.45, 7) is 2.75. The predicted octanol–water partition coefficient (Wildman–Crippen LogP) is 2.29. The van der Waals surface area contributed by atoms with E-state index in [0.717, 1.165) is 24.3 Å². The fourth-order valence-electron chi connectivity index (χ4n) is 2.64. The van der Waals surface area contributed by atoms with E-state index in [0.29, 0.717) is 31.1 Å². The van der Waals surface area contributed by atoms with Crippen molar-refractivity contribution in [2.24, 2.45) is 5.10 Å². The molecular formula is C19H20N8O. The van der Waals surface area contributed by atoms with Crippen molar-refractivity contribution in [1.82, 2.24) is 19.9 Å². The summed E-state index contributed by atoms with van der Waals surface area (Å²) >= 11 is 0. The molecule has 0 bridgehead atoms. The highest BCUT2D eigenvalue weighted by atomic mass is 16.5. The maximum absolute atomic E-state index is 5.42. The van der Waals surface area contributed by atoms with Crippen molar-refractivity contribution < 1.29 is 4.74 Å². The molecule has 1 aromatic carbocycles. The molecule has 9 heteroatoms. The molecule has 3 heterocycles. The van der Waals surface area contributed by atoms with Crippen molar-refractivity contribution in [3.05, 3.63) is 60.4 Å². The number of aromatic nitrogens is 4. The smallest absolute Gasteiger partial charge is 0.250 e. The van der Waals surface area contributed by atoms with Gasteiger partial charge in [0.15, 0.2) is 0 Å².